The summed E-state index contributed by atoms with van der Waals surface area (Å²) >= 11 is 6.56. The van der Waals surface area contributed by atoms with Crippen LogP contribution in [0.3, 0.4) is 0 Å². The molecule has 1 aliphatic carbocycles. The molecule has 0 radical (unpaired) electrons. The molecule has 4 heterocycles. The minimum Gasteiger partial charge on any atom is -0.463 e. The number of pyridine rings is 1. The highest BCUT2D eigenvalue weighted by Crippen LogP contribution is 2.41. The van der Waals surface area contributed by atoms with Gasteiger partial charge in [-0.1, -0.05) is 41.9 Å². The number of carbonyl (C=O) groups is 1. The first kappa shape index (κ1) is 24.5. The second kappa shape index (κ2) is 9.59. The summed E-state index contributed by atoms with van der Waals surface area (Å²) < 4.78 is 22.5. The average Bonchev–Trinajstić information content (AvgIpc) is 3.45. The van der Waals surface area contributed by atoms with E-state index in [1.165, 1.54) is 19.3 Å². The molecule has 2 saturated heterocycles. The number of halogens is 2. The van der Waals surface area contributed by atoms with Gasteiger partial charge in [0.15, 0.2) is 5.82 Å². The summed E-state index contributed by atoms with van der Waals surface area (Å²) in [6.07, 6.45) is 5.79. The van der Waals surface area contributed by atoms with Crippen molar-refractivity contribution >= 4 is 45.0 Å². The Kier molecular flexibility index (Phi) is 6.03. The zero-order chi connectivity index (χ0) is 26.7. The maximum Gasteiger partial charge on any atom is 0.319 e. The van der Waals surface area contributed by atoms with Crippen molar-refractivity contribution in [2.45, 2.75) is 25.7 Å². The van der Waals surface area contributed by atoms with Gasteiger partial charge in [0.05, 0.1) is 12.0 Å². The van der Waals surface area contributed by atoms with E-state index in [-0.39, 0.29) is 29.0 Å². The quantitative estimate of drug-likeness (QED) is 0.319. The molecular formula is C30H29ClFN5O2. The minimum absolute atomic E-state index is 0.0479. The molecule has 39 heavy (non-hydrogen) atoms. The van der Waals surface area contributed by atoms with Gasteiger partial charge < -0.3 is 14.5 Å². The number of ether oxygens (including phenoxy) is 1. The van der Waals surface area contributed by atoms with E-state index in [0.717, 1.165) is 23.9 Å². The van der Waals surface area contributed by atoms with Gasteiger partial charge in [0, 0.05) is 61.2 Å². The number of hydrogen-bond donors (Lipinski definition) is 0. The smallest absolute Gasteiger partial charge is 0.319 e. The fourth-order valence-electron chi connectivity index (χ4n) is 6.65. The Labute approximate surface area is 231 Å². The number of likely N-dealkylation sites (tertiary alicyclic amines) is 1. The molecule has 9 heteroatoms. The fraction of sp³-hybridized carbons (Fsp3) is 0.400. The van der Waals surface area contributed by atoms with Crippen LogP contribution in [0.4, 0.5) is 10.2 Å². The van der Waals surface area contributed by atoms with Crippen LogP contribution in [0.25, 0.3) is 32.9 Å². The molecule has 7 rings (SSSR count). The Bertz CT molecular complexity index is 1600. The van der Waals surface area contributed by atoms with Crippen LogP contribution in [-0.2, 0) is 4.79 Å². The molecule has 2 aromatic carbocycles. The zero-order valence-corrected chi connectivity index (χ0v) is 22.5. The van der Waals surface area contributed by atoms with Gasteiger partial charge in [-0.2, -0.15) is 9.97 Å². The average molecular weight is 546 g/mol. The van der Waals surface area contributed by atoms with Crippen LogP contribution in [0, 0.1) is 23.6 Å². The highest BCUT2D eigenvalue weighted by Gasteiger charge is 2.35. The van der Waals surface area contributed by atoms with E-state index in [2.05, 4.69) is 14.9 Å². The summed E-state index contributed by atoms with van der Waals surface area (Å²) in [7, 11) is 1.79. The third-order valence-electron chi connectivity index (χ3n) is 8.53. The lowest BCUT2D eigenvalue weighted by Gasteiger charge is -2.33. The SMILES string of the molecule is CN1CC(COc2nc(N3CC4CCC(C4)C3)c3cnc(-c4cccc5cccc(Cl)c45)c(F)c3n2)CC1=O. The second-order valence-electron chi connectivity index (χ2n) is 11.3. The normalized spacial score (nSPS) is 22.8. The van der Waals surface area contributed by atoms with E-state index in [4.69, 9.17) is 21.3 Å². The monoisotopic (exact) mass is 545 g/mol. The lowest BCUT2D eigenvalue weighted by molar-refractivity contribution is -0.126. The summed E-state index contributed by atoms with van der Waals surface area (Å²) in [6.45, 7) is 2.68. The Morgan fingerprint density at radius 1 is 1.08 bits per heavy atom. The van der Waals surface area contributed by atoms with Crippen molar-refractivity contribution in [2.24, 2.45) is 17.8 Å². The highest BCUT2D eigenvalue weighted by molar-refractivity contribution is 6.36. The van der Waals surface area contributed by atoms with E-state index in [0.29, 0.717) is 53.2 Å². The van der Waals surface area contributed by atoms with Crippen molar-refractivity contribution in [2.75, 3.05) is 38.2 Å². The Hall–Kier alpha value is -3.52. The van der Waals surface area contributed by atoms with E-state index < -0.39 is 5.82 Å². The number of rotatable bonds is 5. The zero-order valence-electron chi connectivity index (χ0n) is 21.7. The van der Waals surface area contributed by atoms with E-state index in [1.807, 2.05) is 30.3 Å². The van der Waals surface area contributed by atoms with Gasteiger partial charge in [0.1, 0.15) is 17.0 Å². The molecule has 4 aromatic rings. The van der Waals surface area contributed by atoms with Crippen molar-refractivity contribution in [3.05, 3.63) is 53.4 Å². The van der Waals surface area contributed by atoms with Gasteiger partial charge in [-0.25, -0.2) is 4.39 Å². The summed E-state index contributed by atoms with van der Waals surface area (Å²) in [5.41, 5.74) is 0.990. The lowest BCUT2D eigenvalue weighted by atomic mass is 9.98. The molecule has 3 atom stereocenters. The molecule has 3 fully saturated rings. The molecule has 0 N–H and O–H groups in total. The number of nitrogens with zero attached hydrogens (tertiary/aromatic N) is 5. The van der Waals surface area contributed by atoms with Crippen LogP contribution in [0.5, 0.6) is 6.01 Å². The first-order chi connectivity index (χ1) is 18.9. The van der Waals surface area contributed by atoms with Gasteiger partial charge in [-0.3, -0.25) is 9.78 Å². The largest absolute Gasteiger partial charge is 0.463 e. The second-order valence-corrected chi connectivity index (χ2v) is 11.7. The molecule has 3 unspecified atom stereocenters. The number of aromatic nitrogens is 3. The third kappa shape index (κ3) is 4.35. The van der Waals surface area contributed by atoms with Crippen LogP contribution >= 0.6 is 11.6 Å². The van der Waals surface area contributed by atoms with Crippen molar-refractivity contribution in [3.63, 3.8) is 0 Å². The predicted molar refractivity (Wildman–Crippen MR) is 150 cm³/mol. The van der Waals surface area contributed by atoms with Crippen LogP contribution < -0.4 is 9.64 Å². The van der Waals surface area contributed by atoms with Crippen molar-refractivity contribution in [1.82, 2.24) is 19.9 Å². The predicted octanol–water partition coefficient (Wildman–Crippen LogP) is 5.73. The third-order valence-corrected chi connectivity index (χ3v) is 8.84. The molecule has 0 spiro atoms. The standard InChI is InChI=1S/C30H29ClFN5O2/c1-36-13-19(11-24(36)38)16-39-30-34-28-22(29(35-30)37-14-17-8-9-18(10-17)15-37)12-33-27(26(28)32)21-6-2-4-20-5-3-7-23(31)25(20)21/h2-7,12,17-19H,8-11,13-16H2,1H3. The lowest BCUT2D eigenvalue weighted by Crippen LogP contribution is -2.37. The Morgan fingerprint density at radius 3 is 2.59 bits per heavy atom. The summed E-state index contributed by atoms with van der Waals surface area (Å²) in [5.74, 6) is 1.53. The number of anilines is 1. The number of carbonyl (C=O) groups excluding carboxylic acids is 1. The van der Waals surface area contributed by atoms with E-state index in [9.17, 15) is 4.79 Å². The van der Waals surface area contributed by atoms with Crippen molar-refractivity contribution < 1.29 is 13.9 Å². The van der Waals surface area contributed by atoms with Crippen LogP contribution in [-0.4, -0.2) is 59.0 Å². The van der Waals surface area contributed by atoms with E-state index >= 15 is 4.39 Å². The molecule has 200 valence electrons. The Morgan fingerprint density at radius 2 is 1.85 bits per heavy atom. The molecule has 2 aliphatic heterocycles. The first-order valence-corrected chi connectivity index (χ1v) is 14.0. The molecule has 2 bridgehead atoms. The number of hydrogen-bond acceptors (Lipinski definition) is 6. The number of benzene rings is 2. The highest BCUT2D eigenvalue weighted by atomic mass is 35.5. The molecule has 3 aliphatic rings. The number of fused-ring (bicyclic) bond motifs is 4. The number of piperidine rings is 1. The van der Waals surface area contributed by atoms with Gasteiger partial charge in [0.25, 0.3) is 0 Å². The summed E-state index contributed by atoms with van der Waals surface area (Å²) in [4.78, 5) is 29.9. The van der Waals surface area contributed by atoms with E-state index in [1.54, 1.807) is 24.2 Å². The fourth-order valence-corrected chi connectivity index (χ4v) is 6.93. The maximum atomic E-state index is 16.4. The molecule has 1 amide bonds. The van der Waals surface area contributed by atoms with Gasteiger partial charge >= 0.3 is 6.01 Å². The van der Waals surface area contributed by atoms with Crippen molar-refractivity contribution in [3.8, 4) is 17.3 Å². The van der Waals surface area contributed by atoms with Gasteiger partial charge in [0.2, 0.25) is 5.91 Å². The molecule has 7 nitrogen and oxygen atoms in total. The molecule has 2 aromatic heterocycles. The first-order valence-electron chi connectivity index (χ1n) is 13.6. The van der Waals surface area contributed by atoms with Crippen molar-refractivity contribution in [1.29, 1.82) is 0 Å². The number of amides is 1. The van der Waals surface area contributed by atoms with Gasteiger partial charge in [-0.15, -0.1) is 0 Å². The van der Waals surface area contributed by atoms with Gasteiger partial charge in [-0.05, 0) is 42.6 Å². The topological polar surface area (TPSA) is 71.5 Å². The summed E-state index contributed by atoms with van der Waals surface area (Å²) in [6, 6.07) is 11.4. The van der Waals surface area contributed by atoms with Crippen LogP contribution in [0.1, 0.15) is 25.7 Å². The van der Waals surface area contributed by atoms with Crippen LogP contribution in [0.2, 0.25) is 5.02 Å². The maximum absolute atomic E-state index is 16.4. The Balaban J connectivity index is 1.34. The van der Waals surface area contributed by atoms with Crippen LogP contribution in [0.15, 0.2) is 42.6 Å². The summed E-state index contributed by atoms with van der Waals surface area (Å²) in [5, 5.41) is 2.78. The molecule has 1 saturated carbocycles. The molecular weight excluding hydrogens is 517 g/mol. The minimum atomic E-state index is -0.524.